The number of ether oxygens (including phenoxy) is 1. The predicted octanol–water partition coefficient (Wildman–Crippen LogP) is 6.17. The molecule has 0 saturated heterocycles. The van der Waals surface area contributed by atoms with Crippen LogP contribution in [0, 0.1) is 0 Å². The van der Waals surface area contributed by atoms with Crippen molar-refractivity contribution in [2.45, 2.75) is 116 Å². The van der Waals surface area contributed by atoms with Gasteiger partial charge in [-0.2, -0.15) is 8.42 Å². The van der Waals surface area contributed by atoms with E-state index in [-0.39, 0.29) is 13.0 Å². The molecule has 0 aliphatic heterocycles. The van der Waals surface area contributed by atoms with Gasteiger partial charge in [0.1, 0.15) is 0 Å². The summed E-state index contributed by atoms with van der Waals surface area (Å²) in [5.74, 6) is -0.728. The molecule has 7 heteroatoms. The van der Waals surface area contributed by atoms with E-state index in [1.165, 1.54) is 38.5 Å². The van der Waals surface area contributed by atoms with E-state index in [2.05, 4.69) is 23.3 Å². The van der Waals surface area contributed by atoms with E-state index in [1.807, 2.05) is 6.92 Å². The highest BCUT2D eigenvalue weighted by Gasteiger charge is 2.26. The van der Waals surface area contributed by atoms with E-state index in [9.17, 15) is 13.2 Å². The van der Waals surface area contributed by atoms with Gasteiger partial charge in [-0.05, 0) is 38.5 Å². The Hall–Kier alpha value is -0.920. The van der Waals surface area contributed by atoms with Crippen LogP contribution in [0.4, 0.5) is 0 Å². The lowest BCUT2D eigenvalue weighted by molar-refractivity contribution is -0.152. The summed E-state index contributed by atoms with van der Waals surface area (Å²) in [5, 5.41) is 0. The Morgan fingerprint density at radius 3 is 1.90 bits per heavy atom. The van der Waals surface area contributed by atoms with Crippen LogP contribution in [0.15, 0.2) is 12.2 Å². The van der Waals surface area contributed by atoms with Crippen molar-refractivity contribution in [2.24, 2.45) is 0 Å². The van der Waals surface area contributed by atoms with Crippen molar-refractivity contribution < 1.29 is 26.7 Å². The molecule has 0 aromatic heterocycles. The fourth-order valence-electron chi connectivity index (χ4n) is 2.99. The highest BCUT2D eigenvalue weighted by molar-refractivity contribution is 7.80. The molecule has 1 unspecified atom stereocenters. The van der Waals surface area contributed by atoms with E-state index in [4.69, 9.17) is 9.29 Å². The first-order valence-corrected chi connectivity index (χ1v) is 12.7. The molecule has 0 aromatic carbocycles. The number of allylic oxidation sites excluding steroid dienone is 2. The molecule has 0 saturated carbocycles. The smallest absolute Gasteiger partial charge is 0.398 e. The molecule has 0 bridgehead atoms. The Labute approximate surface area is 178 Å². The van der Waals surface area contributed by atoms with Gasteiger partial charge in [-0.15, -0.1) is 0 Å². The van der Waals surface area contributed by atoms with Crippen LogP contribution in [-0.4, -0.2) is 31.7 Å². The lowest BCUT2D eigenvalue weighted by Gasteiger charge is -2.14. The van der Waals surface area contributed by atoms with Crippen LogP contribution in [0.2, 0.25) is 0 Å². The molecule has 0 spiro atoms. The third-order valence-electron chi connectivity index (χ3n) is 4.72. The van der Waals surface area contributed by atoms with E-state index >= 15 is 0 Å². The number of hydrogen-bond acceptors (Lipinski definition) is 5. The molecule has 172 valence electrons. The highest BCUT2D eigenvalue weighted by Crippen LogP contribution is 2.14. The molecule has 1 N–H and O–H groups in total. The standard InChI is InChI=1S/C22H42O6S/c1-3-5-7-8-9-10-11-12-13-14-15-16-17-18-19-21(28-29(24,25)26)22(23)27-20-6-4-2/h12-13,21H,3-11,14-20H2,1-2H3,(H,24,25,26)/b13-12-. The summed E-state index contributed by atoms with van der Waals surface area (Å²) in [5.41, 5.74) is 0. The molecule has 0 aliphatic rings. The van der Waals surface area contributed by atoms with Gasteiger partial charge in [0.25, 0.3) is 0 Å². The first-order chi connectivity index (χ1) is 13.9. The Balaban J connectivity index is 3.83. The first-order valence-electron chi connectivity index (χ1n) is 11.4. The van der Waals surface area contributed by atoms with E-state index in [0.717, 1.165) is 38.5 Å². The minimum atomic E-state index is -4.68. The lowest BCUT2D eigenvalue weighted by Crippen LogP contribution is -2.29. The zero-order valence-corrected chi connectivity index (χ0v) is 19.3. The van der Waals surface area contributed by atoms with Crippen molar-refractivity contribution in [3.05, 3.63) is 12.2 Å². The summed E-state index contributed by atoms with van der Waals surface area (Å²) in [6.07, 6.45) is 18.7. The predicted molar refractivity (Wildman–Crippen MR) is 117 cm³/mol. The summed E-state index contributed by atoms with van der Waals surface area (Å²) >= 11 is 0. The maximum absolute atomic E-state index is 11.9. The fraction of sp³-hybridized carbons (Fsp3) is 0.864. The van der Waals surface area contributed by atoms with Crippen LogP contribution in [0.25, 0.3) is 0 Å². The van der Waals surface area contributed by atoms with Crippen molar-refractivity contribution in [3.8, 4) is 0 Å². The largest absolute Gasteiger partial charge is 0.464 e. The van der Waals surface area contributed by atoms with Gasteiger partial charge in [0.2, 0.25) is 0 Å². The normalized spacial score (nSPS) is 13.1. The van der Waals surface area contributed by atoms with Gasteiger partial charge in [-0.3, -0.25) is 4.55 Å². The second-order valence-electron chi connectivity index (χ2n) is 7.55. The highest BCUT2D eigenvalue weighted by atomic mass is 32.3. The number of rotatable bonds is 20. The number of carbonyl (C=O) groups excluding carboxylic acids is 1. The molecule has 0 rings (SSSR count). The Morgan fingerprint density at radius 2 is 1.34 bits per heavy atom. The maximum atomic E-state index is 11.9. The molecule has 0 aromatic rings. The minimum absolute atomic E-state index is 0.221. The monoisotopic (exact) mass is 434 g/mol. The quantitative estimate of drug-likeness (QED) is 0.107. The van der Waals surface area contributed by atoms with Gasteiger partial charge in [0, 0.05) is 0 Å². The molecule has 0 fully saturated rings. The van der Waals surface area contributed by atoms with Crippen molar-refractivity contribution in [3.63, 3.8) is 0 Å². The van der Waals surface area contributed by atoms with E-state index in [1.54, 1.807) is 0 Å². The average molecular weight is 435 g/mol. The second kappa shape index (κ2) is 19.1. The first kappa shape index (κ1) is 28.1. The topological polar surface area (TPSA) is 89.9 Å². The van der Waals surface area contributed by atoms with Crippen LogP contribution in [0.5, 0.6) is 0 Å². The number of esters is 1. The van der Waals surface area contributed by atoms with Crippen molar-refractivity contribution >= 4 is 16.4 Å². The summed E-state index contributed by atoms with van der Waals surface area (Å²) in [6.45, 7) is 4.42. The van der Waals surface area contributed by atoms with Crippen molar-refractivity contribution in [1.82, 2.24) is 0 Å². The van der Waals surface area contributed by atoms with Gasteiger partial charge < -0.3 is 4.74 Å². The van der Waals surface area contributed by atoms with Gasteiger partial charge in [-0.25, -0.2) is 8.98 Å². The van der Waals surface area contributed by atoms with Crippen molar-refractivity contribution in [2.75, 3.05) is 6.61 Å². The minimum Gasteiger partial charge on any atom is -0.464 e. The van der Waals surface area contributed by atoms with Crippen molar-refractivity contribution in [1.29, 1.82) is 0 Å². The summed E-state index contributed by atoms with van der Waals surface area (Å²) < 4.78 is 40.2. The second-order valence-corrected chi connectivity index (χ2v) is 8.60. The average Bonchev–Trinajstić information content (AvgIpc) is 2.66. The molecule has 6 nitrogen and oxygen atoms in total. The van der Waals surface area contributed by atoms with Crippen LogP contribution in [0.3, 0.4) is 0 Å². The lowest BCUT2D eigenvalue weighted by atomic mass is 10.1. The fourth-order valence-corrected chi connectivity index (χ4v) is 3.45. The number of carbonyl (C=O) groups is 1. The Morgan fingerprint density at radius 1 is 0.828 bits per heavy atom. The molecule has 0 amide bonds. The van der Waals surface area contributed by atoms with Crippen LogP contribution >= 0.6 is 0 Å². The third-order valence-corrected chi connectivity index (χ3v) is 5.20. The number of hydrogen-bond donors (Lipinski definition) is 1. The molecular weight excluding hydrogens is 392 g/mol. The zero-order chi connectivity index (χ0) is 21.8. The van der Waals surface area contributed by atoms with E-state index < -0.39 is 22.5 Å². The number of unbranched alkanes of at least 4 members (excludes halogenated alkanes) is 11. The van der Waals surface area contributed by atoms with Crippen LogP contribution < -0.4 is 0 Å². The summed E-state index contributed by atoms with van der Waals surface area (Å²) in [7, 11) is -4.68. The zero-order valence-electron chi connectivity index (χ0n) is 18.4. The van der Waals surface area contributed by atoms with Gasteiger partial charge in [0.15, 0.2) is 6.10 Å². The molecule has 0 heterocycles. The van der Waals surface area contributed by atoms with E-state index in [0.29, 0.717) is 12.8 Å². The SMILES string of the molecule is CCCCCCCC/C=C\CCCCCCC(OS(=O)(=O)O)C(=O)OCCCC. The molecule has 1 atom stereocenters. The molecule has 0 aliphatic carbocycles. The maximum Gasteiger partial charge on any atom is 0.398 e. The molecule has 0 radical (unpaired) electrons. The van der Waals surface area contributed by atoms with Gasteiger partial charge >= 0.3 is 16.4 Å². The Bertz CT molecular complexity index is 515. The summed E-state index contributed by atoms with van der Waals surface area (Å²) in [6, 6.07) is 0. The van der Waals surface area contributed by atoms with Crippen LogP contribution in [0.1, 0.15) is 110 Å². The van der Waals surface area contributed by atoms with Gasteiger partial charge in [0.05, 0.1) is 6.61 Å². The van der Waals surface area contributed by atoms with Crippen LogP contribution in [-0.2, 0) is 24.1 Å². The third kappa shape index (κ3) is 20.1. The van der Waals surface area contributed by atoms with Gasteiger partial charge in [-0.1, -0.05) is 83.8 Å². The summed E-state index contributed by atoms with van der Waals surface area (Å²) in [4.78, 5) is 11.9. The molecule has 29 heavy (non-hydrogen) atoms. The Kier molecular flexibility index (Phi) is 18.5. The molecular formula is C22H42O6S.